The molecular formula is C15H24N4O. The third-order valence-corrected chi connectivity index (χ3v) is 4.48. The van der Waals surface area contributed by atoms with Crippen LogP contribution in [-0.2, 0) is 24.1 Å². The minimum absolute atomic E-state index is 0.358. The van der Waals surface area contributed by atoms with E-state index >= 15 is 0 Å². The lowest BCUT2D eigenvalue weighted by molar-refractivity contribution is 0.0301. The van der Waals surface area contributed by atoms with Gasteiger partial charge in [-0.15, -0.1) is 5.10 Å². The maximum atomic E-state index is 6.02. The molecule has 0 saturated carbocycles. The Labute approximate surface area is 120 Å². The molecule has 2 fully saturated rings. The molecular weight excluding hydrogens is 252 g/mol. The fourth-order valence-electron chi connectivity index (χ4n) is 3.50. The zero-order valence-corrected chi connectivity index (χ0v) is 12.4. The second-order valence-corrected chi connectivity index (χ2v) is 5.70. The lowest BCUT2D eigenvalue weighted by atomic mass is 10.0. The number of nitrogens with two attached hydrogens (primary N) is 1. The highest BCUT2D eigenvalue weighted by Crippen LogP contribution is 2.31. The van der Waals surface area contributed by atoms with Gasteiger partial charge in [-0.25, -0.2) is 0 Å². The van der Waals surface area contributed by atoms with Crippen molar-refractivity contribution in [1.29, 1.82) is 0 Å². The van der Waals surface area contributed by atoms with Crippen LogP contribution in [-0.4, -0.2) is 35.5 Å². The molecule has 2 saturated heterocycles. The molecule has 20 heavy (non-hydrogen) atoms. The Bertz CT molecular complexity index is 479. The number of rotatable bonds is 4. The number of aryl methyl sites for hydroxylation is 1. The topological polar surface area (TPSA) is 64.3 Å². The summed E-state index contributed by atoms with van der Waals surface area (Å²) in [5.41, 5.74) is 9.58. The highest BCUT2D eigenvalue weighted by molar-refractivity contribution is 5.52. The average Bonchev–Trinajstić information content (AvgIpc) is 2.83. The van der Waals surface area contributed by atoms with Crippen LogP contribution in [0.1, 0.15) is 43.5 Å². The van der Waals surface area contributed by atoms with Gasteiger partial charge in [0.2, 0.25) is 0 Å². The van der Waals surface area contributed by atoms with Crippen LogP contribution in [0.4, 0.5) is 5.82 Å². The van der Waals surface area contributed by atoms with Crippen LogP contribution in [0.3, 0.4) is 0 Å². The largest absolute Gasteiger partial charge is 0.371 e. The SMILES string of the molecule is CCc1nnc(N2CC3CCC(C2)O3)c(CN)c1CC. The van der Waals surface area contributed by atoms with Crippen molar-refractivity contribution in [3.8, 4) is 0 Å². The van der Waals surface area contributed by atoms with Crippen molar-refractivity contribution in [2.45, 2.75) is 58.3 Å². The number of aromatic nitrogens is 2. The monoisotopic (exact) mass is 276 g/mol. The molecule has 0 spiro atoms. The number of nitrogens with zero attached hydrogens (tertiary/aromatic N) is 3. The van der Waals surface area contributed by atoms with E-state index in [0.29, 0.717) is 18.8 Å². The predicted molar refractivity (Wildman–Crippen MR) is 78.8 cm³/mol. The van der Waals surface area contributed by atoms with Crippen molar-refractivity contribution < 1.29 is 4.74 Å². The van der Waals surface area contributed by atoms with Crippen molar-refractivity contribution in [3.63, 3.8) is 0 Å². The standard InChI is InChI=1S/C15H24N4O/c1-3-12-13(7-16)15(18-17-14(12)4-2)19-8-10-5-6-11(9-19)20-10/h10-11H,3-9,16H2,1-2H3. The molecule has 5 heteroatoms. The molecule has 2 N–H and O–H groups in total. The summed E-state index contributed by atoms with van der Waals surface area (Å²) in [4.78, 5) is 2.33. The molecule has 3 rings (SSSR count). The van der Waals surface area contributed by atoms with E-state index < -0.39 is 0 Å². The van der Waals surface area contributed by atoms with E-state index in [1.54, 1.807) is 0 Å². The lowest BCUT2D eigenvalue weighted by Crippen LogP contribution is -2.44. The summed E-state index contributed by atoms with van der Waals surface area (Å²) in [5.74, 6) is 0.988. The summed E-state index contributed by atoms with van der Waals surface area (Å²) in [6.45, 7) is 6.67. The van der Waals surface area contributed by atoms with Crippen LogP contribution in [0.5, 0.6) is 0 Å². The first kappa shape index (κ1) is 13.8. The molecule has 2 aliphatic heterocycles. The minimum Gasteiger partial charge on any atom is -0.371 e. The molecule has 0 aliphatic carbocycles. The van der Waals surface area contributed by atoms with Gasteiger partial charge in [0.15, 0.2) is 5.82 Å². The van der Waals surface area contributed by atoms with Crippen LogP contribution < -0.4 is 10.6 Å². The normalized spacial score (nSPS) is 25.2. The molecule has 5 nitrogen and oxygen atoms in total. The molecule has 0 radical (unpaired) electrons. The molecule has 2 unspecified atom stereocenters. The van der Waals surface area contributed by atoms with Crippen LogP contribution in [0.25, 0.3) is 0 Å². The highest BCUT2D eigenvalue weighted by Gasteiger charge is 2.35. The van der Waals surface area contributed by atoms with Gasteiger partial charge in [0.05, 0.1) is 17.9 Å². The van der Waals surface area contributed by atoms with E-state index in [-0.39, 0.29) is 0 Å². The van der Waals surface area contributed by atoms with Gasteiger partial charge in [-0.05, 0) is 31.2 Å². The fourth-order valence-corrected chi connectivity index (χ4v) is 3.50. The predicted octanol–water partition coefficient (Wildman–Crippen LogP) is 1.43. The molecule has 2 atom stereocenters. The Hall–Kier alpha value is -1.20. The van der Waals surface area contributed by atoms with Gasteiger partial charge >= 0.3 is 0 Å². The third kappa shape index (κ3) is 2.29. The number of fused-ring (bicyclic) bond motifs is 2. The number of hydrogen-bond donors (Lipinski definition) is 1. The van der Waals surface area contributed by atoms with E-state index in [0.717, 1.165) is 37.4 Å². The fraction of sp³-hybridized carbons (Fsp3) is 0.733. The Morgan fingerprint density at radius 2 is 1.80 bits per heavy atom. The molecule has 0 aromatic carbocycles. The first-order valence-corrected chi connectivity index (χ1v) is 7.74. The van der Waals surface area contributed by atoms with Crippen LogP contribution in [0.15, 0.2) is 0 Å². The molecule has 2 bridgehead atoms. The number of anilines is 1. The Balaban J connectivity index is 1.96. The average molecular weight is 276 g/mol. The molecule has 0 amide bonds. The van der Waals surface area contributed by atoms with E-state index in [4.69, 9.17) is 10.5 Å². The maximum absolute atomic E-state index is 6.02. The minimum atomic E-state index is 0.358. The zero-order chi connectivity index (χ0) is 14.1. The van der Waals surface area contributed by atoms with E-state index in [1.807, 2.05) is 0 Å². The maximum Gasteiger partial charge on any atom is 0.156 e. The van der Waals surface area contributed by atoms with Crippen molar-refractivity contribution in [3.05, 3.63) is 16.8 Å². The van der Waals surface area contributed by atoms with Crippen molar-refractivity contribution in [2.24, 2.45) is 5.73 Å². The third-order valence-electron chi connectivity index (χ3n) is 4.48. The molecule has 3 heterocycles. The van der Waals surface area contributed by atoms with Gasteiger partial charge in [-0.3, -0.25) is 0 Å². The van der Waals surface area contributed by atoms with Gasteiger partial charge < -0.3 is 15.4 Å². The van der Waals surface area contributed by atoms with E-state index in [1.165, 1.54) is 24.0 Å². The molecule has 1 aromatic rings. The molecule has 2 aliphatic rings. The smallest absolute Gasteiger partial charge is 0.156 e. The number of hydrogen-bond acceptors (Lipinski definition) is 5. The highest BCUT2D eigenvalue weighted by atomic mass is 16.5. The first-order valence-electron chi connectivity index (χ1n) is 7.74. The lowest BCUT2D eigenvalue weighted by Gasteiger charge is -2.34. The Morgan fingerprint density at radius 1 is 1.10 bits per heavy atom. The Kier molecular flexibility index (Phi) is 3.89. The molecule has 110 valence electrons. The van der Waals surface area contributed by atoms with Crippen LogP contribution in [0.2, 0.25) is 0 Å². The summed E-state index contributed by atoms with van der Waals surface area (Å²) in [7, 11) is 0. The summed E-state index contributed by atoms with van der Waals surface area (Å²) in [6, 6.07) is 0. The summed E-state index contributed by atoms with van der Waals surface area (Å²) >= 11 is 0. The molecule has 1 aromatic heterocycles. The van der Waals surface area contributed by atoms with Gasteiger partial charge in [-0.2, -0.15) is 5.10 Å². The van der Waals surface area contributed by atoms with Gasteiger partial charge in [0, 0.05) is 25.2 Å². The second-order valence-electron chi connectivity index (χ2n) is 5.70. The zero-order valence-electron chi connectivity index (χ0n) is 12.4. The number of ether oxygens (including phenoxy) is 1. The second kappa shape index (κ2) is 5.66. The van der Waals surface area contributed by atoms with Crippen molar-refractivity contribution >= 4 is 5.82 Å². The van der Waals surface area contributed by atoms with E-state index in [2.05, 4.69) is 28.9 Å². The van der Waals surface area contributed by atoms with Crippen LogP contribution >= 0.6 is 0 Å². The van der Waals surface area contributed by atoms with Crippen molar-refractivity contribution in [1.82, 2.24) is 10.2 Å². The van der Waals surface area contributed by atoms with Gasteiger partial charge in [0.25, 0.3) is 0 Å². The summed E-state index contributed by atoms with van der Waals surface area (Å²) in [6.07, 6.45) is 4.93. The van der Waals surface area contributed by atoms with Crippen LogP contribution in [0, 0.1) is 0 Å². The Morgan fingerprint density at radius 3 is 2.35 bits per heavy atom. The number of morpholine rings is 1. The summed E-state index contributed by atoms with van der Waals surface area (Å²) < 4.78 is 5.90. The van der Waals surface area contributed by atoms with E-state index in [9.17, 15) is 0 Å². The van der Waals surface area contributed by atoms with Gasteiger partial charge in [0.1, 0.15) is 0 Å². The van der Waals surface area contributed by atoms with Gasteiger partial charge in [-0.1, -0.05) is 13.8 Å². The quantitative estimate of drug-likeness (QED) is 0.901. The first-order chi connectivity index (χ1) is 9.76. The van der Waals surface area contributed by atoms with Crippen molar-refractivity contribution in [2.75, 3.05) is 18.0 Å². The summed E-state index contributed by atoms with van der Waals surface area (Å²) in [5, 5.41) is 8.92.